The third-order valence-electron chi connectivity index (χ3n) is 6.03. The zero-order valence-corrected chi connectivity index (χ0v) is 19.4. The minimum Gasteiger partial charge on any atom is -0.338 e. The summed E-state index contributed by atoms with van der Waals surface area (Å²) < 4.78 is 19.4. The van der Waals surface area contributed by atoms with Gasteiger partial charge in [0.1, 0.15) is 11.5 Å². The summed E-state index contributed by atoms with van der Waals surface area (Å²) in [5.74, 6) is 0.856. The van der Waals surface area contributed by atoms with Gasteiger partial charge in [0.25, 0.3) is 0 Å². The lowest BCUT2D eigenvalue weighted by Crippen LogP contribution is -2.45. The van der Waals surface area contributed by atoms with Crippen LogP contribution in [0.5, 0.6) is 0 Å². The van der Waals surface area contributed by atoms with Crippen LogP contribution in [0.25, 0.3) is 11.3 Å². The van der Waals surface area contributed by atoms with Gasteiger partial charge in [0.15, 0.2) is 0 Å². The molecule has 1 amide bonds. The summed E-state index contributed by atoms with van der Waals surface area (Å²) in [6.07, 6.45) is 1.37. The highest BCUT2D eigenvalue weighted by Crippen LogP contribution is 2.34. The third-order valence-corrected chi connectivity index (χ3v) is 6.03. The van der Waals surface area contributed by atoms with Crippen LogP contribution in [-0.2, 0) is 11.3 Å². The summed E-state index contributed by atoms with van der Waals surface area (Å²) in [4.78, 5) is 19.5. The summed E-state index contributed by atoms with van der Waals surface area (Å²) in [5.41, 5.74) is 2.37. The molecule has 2 aromatic rings. The van der Waals surface area contributed by atoms with Gasteiger partial charge in [-0.15, -0.1) is 0 Å². The quantitative estimate of drug-likeness (QED) is 0.621. The maximum atomic E-state index is 13.5. The number of rotatable bonds is 8. The van der Waals surface area contributed by atoms with Gasteiger partial charge in [-0.25, -0.2) is 4.39 Å². The fraction of sp³-hybridized carbons (Fsp3) is 0.583. The molecule has 3 rings (SSSR count). The SMILES string of the molecule is CC[C@@H](C)N(Cc1c(-c2ccc(F)cc2)noc1N1CCN(C)CC1)C(=O)CC(C)C. The minimum atomic E-state index is -0.290. The Morgan fingerprint density at radius 2 is 1.81 bits per heavy atom. The fourth-order valence-electron chi connectivity index (χ4n) is 3.88. The molecule has 2 heterocycles. The van der Waals surface area contributed by atoms with Crippen molar-refractivity contribution in [3.63, 3.8) is 0 Å². The van der Waals surface area contributed by atoms with Gasteiger partial charge in [0.05, 0.1) is 12.1 Å². The number of anilines is 1. The molecule has 1 aromatic heterocycles. The van der Waals surface area contributed by atoms with Crippen molar-refractivity contribution in [2.45, 2.75) is 53.1 Å². The number of amides is 1. The molecule has 0 bridgehead atoms. The van der Waals surface area contributed by atoms with Crippen molar-refractivity contribution in [3.05, 3.63) is 35.6 Å². The number of hydrogen-bond donors (Lipinski definition) is 0. The van der Waals surface area contributed by atoms with Gasteiger partial charge in [-0.1, -0.05) is 25.9 Å². The molecule has 1 aliphatic rings. The van der Waals surface area contributed by atoms with Crippen molar-refractivity contribution < 1.29 is 13.7 Å². The monoisotopic (exact) mass is 430 g/mol. The van der Waals surface area contributed by atoms with Crippen molar-refractivity contribution >= 4 is 11.8 Å². The van der Waals surface area contributed by atoms with Crippen molar-refractivity contribution in [1.82, 2.24) is 15.0 Å². The predicted octanol–water partition coefficient (Wildman–Crippen LogP) is 4.41. The average molecular weight is 431 g/mol. The Bertz CT molecular complexity index is 857. The first kappa shape index (κ1) is 23.3. The lowest BCUT2D eigenvalue weighted by atomic mass is 10.0. The molecule has 0 spiro atoms. The van der Waals surface area contributed by atoms with Crippen LogP contribution in [-0.4, -0.2) is 60.1 Å². The Kier molecular flexibility index (Phi) is 7.70. The molecule has 1 saturated heterocycles. The normalized spacial score (nSPS) is 16.0. The van der Waals surface area contributed by atoms with E-state index in [1.54, 1.807) is 12.1 Å². The zero-order valence-electron chi connectivity index (χ0n) is 19.4. The lowest BCUT2D eigenvalue weighted by molar-refractivity contribution is -0.134. The molecule has 0 radical (unpaired) electrons. The molecule has 0 unspecified atom stereocenters. The van der Waals surface area contributed by atoms with Crippen molar-refractivity contribution in [3.8, 4) is 11.3 Å². The van der Waals surface area contributed by atoms with Gasteiger partial charge in [-0.2, -0.15) is 0 Å². The van der Waals surface area contributed by atoms with E-state index in [1.165, 1.54) is 12.1 Å². The average Bonchev–Trinajstić information content (AvgIpc) is 3.15. The second-order valence-corrected chi connectivity index (χ2v) is 8.99. The molecule has 1 atom stereocenters. The summed E-state index contributed by atoms with van der Waals surface area (Å²) in [5, 5.41) is 4.38. The Hall–Kier alpha value is -2.41. The maximum absolute atomic E-state index is 13.5. The van der Waals surface area contributed by atoms with E-state index in [0.29, 0.717) is 18.7 Å². The van der Waals surface area contributed by atoms with E-state index in [2.05, 4.69) is 49.7 Å². The van der Waals surface area contributed by atoms with Gasteiger partial charge in [0.2, 0.25) is 11.8 Å². The van der Waals surface area contributed by atoms with Gasteiger partial charge in [0, 0.05) is 44.2 Å². The Morgan fingerprint density at radius 1 is 1.16 bits per heavy atom. The molecule has 0 saturated carbocycles. The van der Waals surface area contributed by atoms with Crippen LogP contribution in [0, 0.1) is 11.7 Å². The van der Waals surface area contributed by atoms with Crippen LogP contribution in [0.4, 0.5) is 10.3 Å². The Labute approximate surface area is 185 Å². The largest absolute Gasteiger partial charge is 0.338 e. The van der Waals surface area contributed by atoms with Gasteiger partial charge in [-0.3, -0.25) is 4.79 Å². The first-order chi connectivity index (χ1) is 14.8. The molecule has 0 aliphatic carbocycles. The topological polar surface area (TPSA) is 52.8 Å². The van der Waals surface area contributed by atoms with Crippen molar-refractivity contribution in [2.75, 3.05) is 38.1 Å². The number of piperazine rings is 1. The molecule has 1 aliphatic heterocycles. The summed E-state index contributed by atoms with van der Waals surface area (Å²) in [6.45, 7) is 12.3. The minimum absolute atomic E-state index is 0.0996. The number of nitrogens with zero attached hydrogens (tertiary/aromatic N) is 4. The Morgan fingerprint density at radius 3 is 2.39 bits per heavy atom. The molecular weight excluding hydrogens is 395 g/mol. The smallest absolute Gasteiger partial charge is 0.232 e. The summed E-state index contributed by atoms with van der Waals surface area (Å²) >= 11 is 0. The summed E-state index contributed by atoms with van der Waals surface area (Å²) in [7, 11) is 2.11. The first-order valence-electron chi connectivity index (χ1n) is 11.3. The third kappa shape index (κ3) is 5.64. The second kappa shape index (κ2) is 10.3. The molecule has 7 heteroatoms. The number of halogens is 1. The van der Waals surface area contributed by atoms with E-state index in [0.717, 1.165) is 49.6 Å². The number of likely N-dealkylation sites (N-methyl/N-ethyl adjacent to an activating group) is 1. The van der Waals surface area contributed by atoms with Crippen molar-refractivity contribution in [2.24, 2.45) is 5.92 Å². The van der Waals surface area contributed by atoms with E-state index in [4.69, 9.17) is 4.52 Å². The number of hydrogen-bond acceptors (Lipinski definition) is 5. The predicted molar refractivity (Wildman–Crippen MR) is 121 cm³/mol. The highest BCUT2D eigenvalue weighted by Gasteiger charge is 2.29. The maximum Gasteiger partial charge on any atom is 0.232 e. The highest BCUT2D eigenvalue weighted by molar-refractivity contribution is 5.78. The molecule has 1 aromatic carbocycles. The molecule has 170 valence electrons. The van der Waals surface area contributed by atoms with Crippen LogP contribution in [0.3, 0.4) is 0 Å². The van der Waals surface area contributed by atoms with Crippen LogP contribution in [0.1, 0.15) is 46.1 Å². The van der Waals surface area contributed by atoms with Crippen LogP contribution < -0.4 is 4.90 Å². The molecule has 6 nitrogen and oxygen atoms in total. The zero-order chi connectivity index (χ0) is 22.5. The number of aromatic nitrogens is 1. The van der Waals surface area contributed by atoms with E-state index < -0.39 is 0 Å². The van der Waals surface area contributed by atoms with Gasteiger partial charge < -0.3 is 19.2 Å². The van der Waals surface area contributed by atoms with E-state index in [1.807, 2.05) is 4.90 Å². The highest BCUT2D eigenvalue weighted by atomic mass is 19.1. The van der Waals surface area contributed by atoms with E-state index >= 15 is 0 Å². The molecule has 31 heavy (non-hydrogen) atoms. The first-order valence-corrected chi connectivity index (χ1v) is 11.3. The number of carbonyl (C=O) groups excluding carboxylic acids is 1. The molecule has 0 N–H and O–H groups in total. The number of carbonyl (C=O) groups is 1. The van der Waals surface area contributed by atoms with Crippen molar-refractivity contribution in [1.29, 1.82) is 0 Å². The van der Waals surface area contributed by atoms with Gasteiger partial charge in [-0.05, 0) is 50.6 Å². The van der Waals surface area contributed by atoms with Gasteiger partial charge >= 0.3 is 0 Å². The Balaban J connectivity index is 2.00. The summed E-state index contributed by atoms with van der Waals surface area (Å²) in [6, 6.07) is 6.39. The fourth-order valence-corrected chi connectivity index (χ4v) is 3.88. The van der Waals surface area contributed by atoms with E-state index in [-0.39, 0.29) is 23.7 Å². The second-order valence-electron chi connectivity index (χ2n) is 8.99. The lowest BCUT2D eigenvalue weighted by Gasteiger charge is -2.34. The van der Waals surface area contributed by atoms with Crippen LogP contribution in [0.2, 0.25) is 0 Å². The number of benzene rings is 1. The van der Waals surface area contributed by atoms with Crippen LogP contribution in [0.15, 0.2) is 28.8 Å². The molecule has 1 fully saturated rings. The van der Waals surface area contributed by atoms with Crippen LogP contribution >= 0.6 is 0 Å². The van der Waals surface area contributed by atoms with E-state index in [9.17, 15) is 9.18 Å². The standard InChI is InChI=1S/C24H35FN4O2/c1-6-18(4)29(22(30)15-17(2)3)16-21-23(19-7-9-20(25)10-8-19)26-31-24(21)28-13-11-27(5)12-14-28/h7-10,17-18H,6,11-16H2,1-5H3/t18-/m1/s1. The molecular formula is C24H35FN4O2.